The van der Waals surface area contributed by atoms with Crippen molar-refractivity contribution < 1.29 is 18.4 Å². The third kappa shape index (κ3) is 3.30. The van der Waals surface area contributed by atoms with Crippen molar-refractivity contribution in [3.05, 3.63) is 68.2 Å². The Balaban J connectivity index is 2.11. The summed E-state index contributed by atoms with van der Waals surface area (Å²) in [5.74, 6) is -0.940. The van der Waals surface area contributed by atoms with Gasteiger partial charge in [-0.25, -0.2) is 4.39 Å². The van der Waals surface area contributed by atoms with E-state index in [1.807, 2.05) is 0 Å². The Bertz CT molecular complexity index is 664. The summed E-state index contributed by atoms with van der Waals surface area (Å²) in [6, 6.07) is 7.42. The van der Waals surface area contributed by atoms with Gasteiger partial charge in [-0.2, -0.15) is 4.39 Å². The Hall–Kier alpha value is -2.02. The Labute approximate surface area is 121 Å². The molecule has 0 aliphatic rings. The molecule has 0 radical (unpaired) electrons. The first kappa shape index (κ1) is 14.4. The van der Waals surface area contributed by atoms with Crippen LogP contribution in [0.5, 0.6) is 5.75 Å². The van der Waals surface area contributed by atoms with Gasteiger partial charge in [0.15, 0.2) is 0 Å². The highest BCUT2D eigenvalue weighted by atomic mass is 79.9. The lowest BCUT2D eigenvalue weighted by Crippen LogP contribution is -1.99. The maximum atomic E-state index is 13.4. The maximum absolute atomic E-state index is 13.4. The standard InChI is InChI=1S/C13H8BrF2NO3/c14-10-6-9(15)2-4-13(10)20-7-8-1-3-12(17(18)19)11(16)5-8/h1-6H,7H2. The molecule has 0 saturated heterocycles. The molecule has 0 amide bonds. The monoisotopic (exact) mass is 343 g/mol. The molecule has 0 unspecified atom stereocenters. The van der Waals surface area contributed by atoms with Crippen LogP contribution < -0.4 is 4.74 Å². The minimum atomic E-state index is -0.922. The molecule has 2 aromatic rings. The van der Waals surface area contributed by atoms with Gasteiger partial charge in [-0.05, 0) is 51.8 Å². The van der Waals surface area contributed by atoms with E-state index in [2.05, 4.69) is 15.9 Å². The average Bonchev–Trinajstić information content (AvgIpc) is 2.37. The first-order valence-corrected chi connectivity index (χ1v) is 6.27. The zero-order chi connectivity index (χ0) is 14.7. The van der Waals surface area contributed by atoms with E-state index in [1.54, 1.807) is 0 Å². The van der Waals surface area contributed by atoms with Gasteiger partial charge in [0.25, 0.3) is 0 Å². The van der Waals surface area contributed by atoms with Gasteiger partial charge in [0, 0.05) is 6.07 Å². The van der Waals surface area contributed by atoms with Crippen LogP contribution in [0.1, 0.15) is 5.56 Å². The van der Waals surface area contributed by atoms with Crippen molar-refractivity contribution in [3.8, 4) is 5.75 Å². The highest BCUT2D eigenvalue weighted by Crippen LogP contribution is 2.26. The van der Waals surface area contributed by atoms with Crippen LogP contribution in [0.3, 0.4) is 0 Å². The van der Waals surface area contributed by atoms with E-state index >= 15 is 0 Å². The van der Waals surface area contributed by atoms with Crippen LogP contribution in [-0.4, -0.2) is 4.92 Å². The van der Waals surface area contributed by atoms with Gasteiger partial charge in [0.1, 0.15) is 18.2 Å². The second kappa shape index (κ2) is 5.96. The predicted molar refractivity (Wildman–Crippen MR) is 71.5 cm³/mol. The van der Waals surface area contributed by atoms with E-state index in [-0.39, 0.29) is 6.61 Å². The molecule has 0 fully saturated rings. The molecule has 20 heavy (non-hydrogen) atoms. The fraction of sp³-hybridized carbons (Fsp3) is 0.0769. The van der Waals surface area contributed by atoms with E-state index < -0.39 is 22.2 Å². The molecular formula is C13H8BrF2NO3. The summed E-state index contributed by atoms with van der Waals surface area (Å²) in [6.45, 7) is 0.0130. The Morgan fingerprint density at radius 1 is 1.20 bits per heavy atom. The number of hydrogen-bond acceptors (Lipinski definition) is 3. The van der Waals surface area contributed by atoms with E-state index in [1.165, 1.54) is 24.3 Å². The third-order valence-corrected chi connectivity index (χ3v) is 3.12. The van der Waals surface area contributed by atoms with Gasteiger partial charge in [0.05, 0.1) is 9.40 Å². The van der Waals surface area contributed by atoms with Crippen molar-refractivity contribution in [2.75, 3.05) is 0 Å². The number of rotatable bonds is 4. The van der Waals surface area contributed by atoms with Crippen molar-refractivity contribution in [1.82, 2.24) is 0 Å². The van der Waals surface area contributed by atoms with Crippen molar-refractivity contribution in [3.63, 3.8) is 0 Å². The molecule has 4 nitrogen and oxygen atoms in total. The Kier molecular flexibility index (Phi) is 4.29. The van der Waals surface area contributed by atoms with Crippen molar-refractivity contribution in [2.45, 2.75) is 6.61 Å². The minimum absolute atomic E-state index is 0.0130. The zero-order valence-electron chi connectivity index (χ0n) is 9.98. The average molecular weight is 344 g/mol. The number of ether oxygens (including phenoxy) is 1. The molecule has 0 atom stereocenters. The zero-order valence-corrected chi connectivity index (χ0v) is 11.6. The summed E-state index contributed by atoms with van der Waals surface area (Å²) in [6.07, 6.45) is 0. The lowest BCUT2D eigenvalue weighted by molar-refractivity contribution is -0.387. The predicted octanol–water partition coefficient (Wildman–Crippen LogP) is 4.21. The molecule has 0 bridgehead atoms. The molecule has 0 saturated carbocycles. The van der Waals surface area contributed by atoms with E-state index in [4.69, 9.17) is 4.74 Å². The van der Waals surface area contributed by atoms with Crippen LogP contribution in [0.4, 0.5) is 14.5 Å². The summed E-state index contributed by atoms with van der Waals surface area (Å²) in [4.78, 5) is 9.69. The number of hydrogen-bond donors (Lipinski definition) is 0. The third-order valence-electron chi connectivity index (χ3n) is 2.50. The van der Waals surface area contributed by atoms with Gasteiger partial charge in [-0.1, -0.05) is 0 Å². The quantitative estimate of drug-likeness (QED) is 0.617. The highest BCUT2D eigenvalue weighted by molar-refractivity contribution is 9.10. The van der Waals surface area contributed by atoms with Crippen LogP contribution in [0, 0.1) is 21.7 Å². The van der Waals surface area contributed by atoms with Gasteiger partial charge < -0.3 is 4.74 Å². The minimum Gasteiger partial charge on any atom is -0.488 e. The lowest BCUT2D eigenvalue weighted by Gasteiger charge is -2.08. The second-order valence-corrected chi connectivity index (χ2v) is 4.76. The molecular weight excluding hydrogens is 336 g/mol. The first-order valence-electron chi connectivity index (χ1n) is 5.48. The van der Waals surface area contributed by atoms with E-state index in [9.17, 15) is 18.9 Å². The van der Waals surface area contributed by atoms with Crippen LogP contribution in [0.2, 0.25) is 0 Å². The topological polar surface area (TPSA) is 52.4 Å². The summed E-state index contributed by atoms with van der Waals surface area (Å²) < 4.78 is 32.1. The fourth-order valence-electron chi connectivity index (χ4n) is 1.54. The number of nitro groups is 1. The summed E-state index contributed by atoms with van der Waals surface area (Å²) in [5.41, 5.74) is -0.152. The van der Waals surface area contributed by atoms with Crippen LogP contribution in [0.25, 0.3) is 0 Å². The lowest BCUT2D eigenvalue weighted by atomic mass is 10.2. The molecule has 0 aliphatic carbocycles. The van der Waals surface area contributed by atoms with Crippen molar-refractivity contribution in [1.29, 1.82) is 0 Å². The molecule has 7 heteroatoms. The van der Waals surface area contributed by atoms with Crippen LogP contribution in [-0.2, 0) is 6.61 Å². The molecule has 0 N–H and O–H groups in total. The summed E-state index contributed by atoms with van der Waals surface area (Å²) in [5, 5.41) is 10.5. The maximum Gasteiger partial charge on any atom is 0.304 e. The number of nitrogens with zero attached hydrogens (tertiary/aromatic N) is 1. The normalized spacial score (nSPS) is 10.3. The summed E-state index contributed by atoms with van der Waals surface area (Å²) >= 11 is 3.14. The van der Waals surface area contributed by atoms with Gasteiger partial charge in [-0.15, -0.1) is 0 Å². The molecule has 2 rings (SSSR count). The molecule has 2 aromatic carbocycles. The molecule has 0 heterocycles. The molecule has 0 aromatic heterocycles. The van der Waals surface area contributed by atoms with Gasteiger partial charge in [-0.3, -0.25) is 10.1 Å². The number of nitro benzene ring substituents is 1. The van der Waals surface area contributed by atoms with Crippen molar-refractivity contribution >= 4 is 21.6 Å². The van der Waals surface area contributed by atoms with Crippen molar-refractivity contribution in [2.24, 2.45) is 0 Å². The Morgan fingerprint density at radius 3 is 2.55 bits per heavy atom. The second-order valence-electron chi connectivity index (χ2n) is 3.91. The summed E-state index contributed by atoms with van der Waals surface area (Å²) in [7, 11) is 0. The first-order chi connectivity index (χ1) is 9.47. The molecule has 0 aliphatic heterocycles. The SMILES string of the molecule is O=[N+]([O-])c1ccc(COc2ccc(F)cc2Br)cc1F. The smallest absolute Gasteiger partial charge is 0.304 e. The largest absolute Gasteiger partial charge is 0.488 e. The fourth-order valence-corrected chi connectivity index (χ4v) is 2.01. The van der Waals surface area contributed by atoms with Crippen LogP contribution in [0.15, 0.2) is 40.9 Å². The molecule has 0 spiro atoms. The van der Waals surface area contributed by atoms with Gasteiger partial charge in [0.2, 0.25) is 5.82 Å². The van der Waals surface area contributed by atoms with Crippen LogP contribution >= 0.6 is 15.9 Å². The highest BCUT2D eigenvalue weighted by Gasteiger charge is 2.14. The number of benzene rings is 2. The number of halogens is 3. The van der Waals surface area contributed by atoms with E-state index in [0.29, 0.717) is 15.8 Å². The van der Waals surface area contributed by atoms with E-state index in [0.717, 1.165) is 12.1 Å². The molecule has 104 valence electrons. The van der Waals surface area contributed by atoms with Gasteiger partial charge >= 0.3 is 5.69 Å². The Morgan fingerprint density at radius 2 is 1.95 bits per heavy atom.